The van der Waals surface area contributed by atoms with Gasteiger partial charge in [0.05, 0.1) is 12.8 Å². The van der Waals surface area contributed by atoms with Gasteiger partial charge in [-0.15, -0.1) is 0 Å². The van der Waals surface area contributed by atoms with Crippen LogP contribution in [0.3, 0.4) is 0 Å². The molecule has 7 heteroatoms. The highest BCUT2D eigenvalue weighted by molar-refractivity contribution is 6.31. The molecule has 6 nitrogen and oxygen atoms in total. The van der Waals surface area contributed by atoms with Gasteiger partial charge in [-0.25, -0.2) is 0 Å². The number of nitrogens with one attached hydrogen (secondary N) is 2. The molecule has 1 atom stereocenters. The number of ketones is 1. The summed E-state index contributed by atoms with van der Waals surface area (Å²) in [6, 6.07) is 6.13. The molecular weight excluding hydrogens is 344 g/mol. The maximum Gasteiger partial charge on any atom is 0.261 e. The van der Waals surface area contributed by atoms with Crippen molar-refractivity contribution in [1.29, 1.82) is 0 Å². The van der Waals surface area contributed by atoms with Crippen LogP contribution in [0.15, 0.2) is 29.1 Å². The summed E-state index contributed by atoms with van der Waals surface area (Å²) < 4.78 is 5.17. The third-order valence-electron chi connectivity index (χ3n) is 4.16. The number of carbonyl (C=O) groups is 2. The number of Topliss-reactive ketones (excluding diaryl/α,β-unsaturated/α-hetero) is 1. The standard InChI is InChI=1S/C18H17ClN2O4/c1-9-5-13-11(15(22)6-9)8-12(17(23)20-13)18(24)21-14-7-10(19)3-4-16(14)25-2/h3-4,7-9H,5-6H2,1-2H3,(H,20,23)(H,21,24)/t9-/m0/s1. The number of hydrogen-bond donors (Lipinski definition) is 2. The van der Waals surface area contributed by atoms with Crippen molar-refractivity contribution in [3.8, 4) is 5.75 Å². The number of ether oxygens (including phenoxy) is 1. The van der Waals surface area contributed by atoms with Crippen LogP contribution >= 0.6 is 11.6 Å². The Morgan fingerprint density at radius 2 is 2.04 bits per heavy atom. The van der Waals surface area contributed by atoms with Crippen molar-refractivity contribution in [3.05, 3.63) is 56.5 Å². The first-order valence-electron chi connectivity index (χ1n) is 7.83. The lowest BCUT2D eigenvalue weighted by Crippen LogP contribution is -2.29. The molecule has 0 fully saturated rings. The van der Waals surface area contributed by atoms with E-state index >= 15 is 0 Å². The van der Waals surface area contributed by atoms with Crippen molar-refractivity contribution < 1.29 is 14.3 Å². The molecule has 0 saturated heterocycles. The Morgan fingerprint density at radius 3 is 2.76 bits per heavy atom. The predicted octanol–water partition coefficient (Wildman–Crippen LogP) is 3.05. The molecule has 0 saturated carbocycles. The molecule has 2 N–H and O–H groups in total. The quantitative estimate of drug-likeness (QED) is 0.880. The van der Waals surface area contributed by atoms with Crippen LogP contribution in [0.25, 0.3) is 0 Å². The second-order valence-electron chi connectivity index (χ2n) is 6.14. The molecule has 0 unspecified atom stereocenters. The number of pyridine rings is 1. The minimum atomic E-state index is -0.629. The van der Waals surface area contributed by atoms with E-state index in [0.29, 0.717) is 40.6 Å². The van der Waals surface area contributed by atoms with Crippen molar-refractivity contribution >= 4 is 29.0 Å². The Bertz CT molecular complexity index is 920. The van der Waals surface area contributed by atoms with E-state index in [1.165, 1.54) is 19.2 Å². The average molecular weight is 361 g/mol. The summed E-state index contributed by atoms with van der Waals surface area (Å²) in [5.41, 5.74) is 0.687. The van der Waals surface area contributed by atoms with Gasteiger partial charge in [0.2, 0.25) is 0 Å². The Balaban J connectivity index is 1.96. The summed E-state index contributed by atoms with van der Waals surface area (Å²) in [4.78, 5) is 39.7. The molecule has 1 aliphatic carbocycles. The molecular formula is C18H17ClN2O4. The Labute approximate surface area is 149 Å². The van der Waals surface area contributed by atoms with E-state index in [9.17, 15) is 14.4 Å². The van der Waals surface area contributed by atoms with Crippen LogP contribution in [0, 0.1) is 5.92 Å². The number of carbonyl (C=O) groups excluding carboxylic acids is 2. The molecule has 0 radical (unpaired) electrons. The molecule has 130 valence electrons. The molecule has 3 rings (SSSR count). The SMILES string of the molecule is COc1ccc(Cl)cc1NC(=O)c1cc2c([nH]c1=O)C[C@H](C)CC2=O. The van der Waals surface area contributed by atoms with E-state index in [1.54, 1.807) is 12.1 Å². The van der Waals surface area contributed by atoms with Gasteiger partial charge in [-0.2, -0.15) is 0 Å². The molecule has 1 amide bonds. The number of methoxy groups -OCH3 is 1. The van der Waals surface area contributed by atoms with Crippen LogP contribution in [0.1, 0.15) is 39.8 Å². The van der Waals surface area contributed by atoms with Crippen LogP contribution in [0.5, 0.6) is 5.75 Å². The van der Waals surface area contributed by atoms with E-state index in [1.807, 2.05) is 6.92 Å². The first-order chi connectivity index (χ1) is 11.9. The van der Waals surface area contributed by atoms with Gasteiger partial charge >= 0.3 is 0 Å². The highest BCUT2D eigenvalue weighted by atomic mass is 35.5. The summed E-state index contributed by atoms with van der Waals surface area (Å²) >= 11 is 5.94. The lowest BCUT2D eigenvalue weighted by molar-refractivity contribution is 0.0952. The van der Waals surface area contributed by atoms with Gasteiger partial charge < -0.3 is 15.0 Å². The van der Waals surface area contributed by atoms with Gasteiger partial charge in [-0.1, -0.05) is 18.5 Å². The fourth-order valence-electron chi connectivity index (χ4n) is 2.96. The molecule has 2 aromatic rings. The number of amides is 1. The average Bonchev–Trinajstić information content (AvgIpc) is 2.54. The van der Waals surface area contributed by atoms with Crippen molar-refractivity contribution in [2.45, 2.75) is 19.8 Å². The minimum absolute atomic E-state index is 0.0700. The molecule has 25 heavy (non-hydrogen) atoms. The molecule has 1 heterocycles. The number of aromatic amines is 1. The van der Waals surface area contributed by atoms with Crippen LogP contribution in [-0.4, -0.2) is 23.8 Å². The molecule has 1 aliphatic rings. The van der Waals surface area contributed by atoms with E-state index in [4.69, 9.17) is 16.3 Å². The largest absolute Gasteiger partial charge is 0.495 e. The van der Waals surface area contributed by atoms with Crippen molar-refractivity contribution in [2.24, 2.45) is 5.92 Å². The summed E-state index contributed by atoms with van der Waals surface area (Å²) in [5.74, 6) is -0.112. The lowest BCUT2D eigenvalue weighted by Gasteiger charge is -2.20. The number of rotatable bonds is 3. The second kappa shape index (κ2) is 6.72. The first kappa shape index (κ1) is 17.2. The van der Waals surface area contributed by atoms with Crippen molar-refractivity contribution in [2.75, 3.05) is 12.4 Å². The predicted molar refractivity (Wildman–Crippen MR) is 94.8 cm³/mol. The van der Waals surface area contributed by atoms with Crippen LogP contribution < -0.4 is 15.6 Å². The monoisotopic (exact) mass is 360 g/mol. The van der Waals surface area contributed by atoms with Gasteiger partial charge in [0.25, 0.3) is 11.5 Å². The third kappa shape index (κ3) is 3.44. The number of benzene rings is 1. The highest BCUT2D eigenvalue weighted by Crippen LogP contribution is 2.28. The van der Waals surface area contributed by atoms with Crippen molar-refractivity contribution in [1.82, 2.24) is 4.98 Å². The normalized spacial score (nSPS) is 16.3. The minimum Gasteiger partial charge on any atom is -0.495 e. The van der Waals surface area contributed by atoms with Crippen molar-refractivity contribution in [3.63, 3.8) is 0 Å². The molecule has 1 aromatic heterocycles. The Hall–Kier alpha value is -2.60. The van der Waals surface area contributed by atoms with E-state index in [-0.39, 0.29) is 17.3 Å². The number of anilines is 1. The number of H-pyrrole nitrogens is 1. The fraction of sp³-hybridized carbons (Fsp3) is 0.278. The number of aromatic nitrogens is 1. The van der Waals surface area contributed by atoms with Gasteiger partial charge in [0.1, 0.15) is 11.3 Å². The molecule has 0 spiro atoms. The molecule has 0 aliphatic heterocycles. The van der Waals surface area contributed by atoms with Gasteiger partial charge in [0, 0.05) is 22.7 Å². The fourth-order valence-corrected chi connectivity index (χ4v) is 3.13. The topological polar surface area (TPSA) is 88.3 Å². The smallest absolute Gasteiger partial charge is 0.261 e. The number of halogens is 1. The maximum atomic E-state index is 12.5. The summed E-state index contributed by atoms with van der Waals surface area (Å²) in [6.45, 7) is 1.95. The van der Waals surface area contributed by atoms with E-state index in [2.05, 4.69) is 10.3 Å². The van der Waals surface area contributed by atoms with Gasteiger partial charge in [0.15, 0.2) is 5.78 Å². The zero-order chi connectivity index (χ0) is 18.1. The summed E-state index contributed by atoms with van der Waals surface area (Å²) in [5, 5.41) is 3.03. The highest BCUT2D eigenvalue weighted by Gasteiger charge is 2.26. The zero-order valence-corrected chi connectivity index (χ0v) is 14.6. The first-order valence-corrected chi connectivity index (χ1v) is 8.21. The Morgan fingerprint density at radius 1 is 1.28 bits per heavy atom. The Kier molecular flexibility index (Phi) is 4.63. The second-order valence-corrected chi connectivity index (χ2v) is 6.58. The zero-order valence-electron chi connectivity index (χ0n) is 13.8. The van der Waals surface area contributed by atoms with E-state index in [0.717, 1.165) is 0 Å². The molecule has 1 aromatic carbocycles. The molecule has 0 bridgehead atoms. The van der Waals surface area contributed by atoms with Crippen LogP contribution in [0.4, 0.5) is 5.69 Å². The lowest BCUT2D eigenvalue weighted by atomic mass is 9.86. The van der Waals surface area contributed by atoms with Crippen LogP contribution in [0.2, 0.25) is 5.02 Å². The van der Waals surface area contributed by atoms with Gasteiger partial charge in [-0.3, -0.25) is 14.4 Å². The maximum absolute atomic E-state index is 12.5. The summed E-state index contributed by atoms with van der Waals surface area (Å²) in [6.07, 6.45) is 1.02. The van der Waals surface area contributed by atoms with Crippen LogP contribution in [-0.2, 0) is 6.42 Å². The van der Waals surface area contributed by atoms with Gasteiger partial charge in [-0.05, 0) is 36.6 Å². The number of fused-ring (bicyclic) bond motifs is 1. The number of hydrogen-bond acceptors (Lipinski definition) is 4. The summed E-state index contributed by atoms with van der Waals surface area (Å²) in [7, 11) is 1.46. The third-order valence-corrected chi connectivity index (χ3v) is 4.40. The van der Waals surface area contributed by atoms with E-state index < -0.39 is 11.5 Å².